The van der Waals surface area contributed by atoms with E-state index >= 15 is 0 Å². The molecule has 0 aliphatic rings. The number of benzene rings is 1. The van der Waals surface area contributed by atoms with Gasteiger partial charge >= 0.3 is 0 Å². The van der Waals surface area contributed by atoms with Gasteiger partial charge in [0, 0.05) is 17.6 Å². The normalized spacial score (nSPS) is 10.9. The van der Waals surface area contributed by atoms with Crippen molar-refractivity contribution < 1.29 is 4.74 Å². The maximum atomic E-state index is 11.9. The summed E-state index contributed by atoms with van der Waals surface area (Å²) in [6.45, 7) is 4.37. The fourth-order valence-electron chi connectivity index (χ4n) is 1.99. The second kappa shape index (κ2) is 5.09. The average molecular weight is 286 g/mol. The minimum Gasteiger partial charge on any atom is -0.487 e. The number of aromatic nitrogens is 2. The fraction of sp³-hybridized carbons (Fsp3) is 0.200. The van der Waals surface area contributed by atoms with Crippen LogP contribution < -0.4 is 10.3 Å². The number of hydrogen-bond acceptors (Lipinski definition) is 4. The van der Waals surface area contributed by atoms with Gasteiger partial charge in [-0.2, -0.15) is 0 Å². The SMILES string of the molecule is Cc1cccc(OCc2cc(=O)n3ccsc3n2)c1C. The first-order valence-electron chi connectivity index (χ1n) is 6.30. The van der Waals surface area contributed by atoms with Gasteiger partial charge in [0.05, 0.1) is 5.69 Å². The predicted octanol–water partition coefficient (Wildman–Crippen LogP) is 2.95. The molecule has 0 aliphatic heterocycles. The van der Waals surface area contributed by atoms with Gasteiger partial charge in [0.25, 0.3) is 5.56 Å². The third-order valence-electron chi connectivity index (χ3n) is 3.29. The quantitative estimate of drug-likeness (QED) is 0.743. The van der Waals surface area contributed by atoms with Crippen LogP contribution in [0.1, 0.15) is 16.8 Å². The van der Waals surface area contributed by atoms with Crippen LogP contribution >= 0.6 is 11.3 Å². The lowest BCUT2D eigenvalue weighted by molar-refractivity contribution is 0.299. The monoisotopic (exact) mass is 286 g/mol. The maximum Gasteiger partial charge on any atom is 0.258 e. The zero-order valence-electron chi connectivity index (χ0n) is 11.3. The molecule has 1 aromatic carbocycles. The molecule has 20 heavy (non-hydrogen) atoms. The maximum absolute atomic E-state index is 11.9. The lowest BCUT2D eigenvalue weighted by Gasteiger charge is -2.10. The molecule has 2 heterocycles. The highest BCUT2D eigenvalue weighted by Crippen LogP contribution is 2.21. The first kappa shape index (κ1) is 12.9. The van der Waals surface area contributed by atoms with Crippen LogP contribution in [0, 0.1) is 13.8 Å². The van der Waals surface area contributed by atoms with Gasteiger partial charge < -0.3 is 4.74 Å². The van der Waals surface area contributed by atoms with Crippen molar-refractivity contribution in [1.29, 1.82) is 0 Å². The van der Waals surface area contributed by atoms with Crippen LogP contribution in [-0.2, 0) is 6.61 Å². The second-order valence-electron chi connectivity index (χ2n) is 4.63. The molecule has 2 aromatic heterocycles. The summed E-state index contributed by atoms with van der Waals surface area (Å²) in [5.41, 5.74) is 2.87. The van der Waals surface area contributed by atoms with E-state index in [1.54, 1.807) is 6.20 Å². The van der Waals surface area contributed by atoms with Gasteiger partial charge in [0.2, 0.25) is 0 Å². The summed E-state index contributed by atoms with van der Waals surface area (Å²) in [6.07, 6.45) is 1.73. The summed E-state index contributed by atoms with van der Waals surface area (Å²) in [5.74, 6) is 0.832. The Hall–Kier alpha value is -2.14. The van der Waals surface area contributed by atoms with Crippen LogP contribution in [0.3, 0.4) is 0 Å². The van der Waals surface area contributed by atoms with Crippen molar-refractivity contribution in [3.05, 3.63) is 63.0 Å². The summed E-state index contributed by atoms with van der Waals surface area (Å²) in [5, 5.41) is 1.85. The van der Waals surface area contributed by atoms with E-state index in [0.29, 0.717) is 17.3 Å². The van der Waals surface area contributed by atoms with E-state index in [0.717, 1.165) is 11.3 Å². The van der Waals surface area contributed by atoms with Crippen molar-refractivity contribution in [2.45, 2.75) is 20.5 Å². The van der Waals surface area contributed by atoms with E-state index < -0.39 is 0 Å². The van der Waals surface area contributed by atoms with Crippen LogP contribution in [0.2, 0.25) is 0 Å². The molecule has 0 radical (unpaired) electrons. The molecular weight excluding hydrogens is 272 g/mol. The topological polar surface area (TPSA) is 43.6 Å². The first-order chi connectivity index (χ1) is 9.65. The molecule has 5 heteroatoms. The van der Waals surface area contributed by atoms with Gasteiger partial charge in [-0.05, 0) is 31.0 Å². The van der Waals surface area contributed by atoms with E-state index in [4.69, 9.17) is 4.74 Å². The number of nitrogens with zero attached hydrogens (tertiary/aromatic N) is 2. The highest BCUT2D eigenvalue weighted by molar-refractivity contribution is 7.15. The number of rotatable bonds is 3. The molecule has 0 unspecified atom stereocenters. The molecule has 0 spiro atoms. The Morgan fingerprint density at radius 3 is 3.05 bits per heavy atom. The largest absolute Gasteiger partial charge is 0.487 e. The summed E-state index contributed by atoms with van der Waals surface area (Å²) < 4.78 is 7.31. The molecular formula is C15H14N2O2S. The van der Waals surface area contributed by atoms with Crippen LogP contribution in [0.15, 0.2) is 40.6 Å². The van der Waals surface area contributed by atoms with Crippen LogP contribution in [-0.4, -0.2) is 9.38 Å². The van der Waals surface area contributed by atoms with Gasteiger partial charge in [0.1, 0.15) is 12.4 Å². The fourth-order valence-corrected chi connectivity index (χ4v) is 2.73. The molecule has 102 valence electrons. The zero-order valence-corrected chi connectivity index (χ0v) is 12.1. The van der Waals surface area contributed by atoms with Crippen molar-refractivity contribution in [3.8, 4) is 5.75 Å². The molecule has 0 bridgehead atoms. The van der Waals surface area contributed by atoms with Crippen LogP contribution in [0.4, 0.5) is 0 Å². The minimum absolute atomic E-state index is 0.0733. The molecule has 0 atom stereocenters. The second-order valence-corrected chi connectivity index (χ2v) is 5.50. The summed E-state index contributed by atoms with van der Waals surface area (Å²) >= 11 is 1.44. The van der Waals surface area contributed by atoms with Gasteiger partial charge in [-0.25, -0.2) is 4.98 Å². The standard InChI is InChI=1S/C15H14N2O2S/c1-10-4-3-5-13(11(10)2)19-9-12-8-14(18)17-6-7-20-15(17)16-12/h3-8H,9H2,1-2H3. The number of fused-ring (bicyclic) bond motifs is 1. The third kappa shape index (κ3) is 2.32. The molecule has 0 N–H and O–H groups in total. The Bertz CT molecular complexity index is 820. The smallest absolute Gasteiger partial charge is 0.258 e. The minimum atomic E-state index is -0.0733. The Labute approximate surface area is 120 Å². The molecule has 0 amide bonds. The Balaban J connectivity index is 1.86. The lowest BCUT2D eigenvalue weighted by atomic mass is 10.1. The van der Waals surface area contributed by atoms with Crippen molar-refractivity contribution in [3.63, 3.8) is 0 Å². The van der Waals surface area contributed by atoms with E-state index in [9.17, 15) is 4.79 Å². The molecule has 0 aliphatic carbocycles. The van der Waals surface area contributed by atoms with Crippen LogP contribution in [0.25, 0.3) is 4.96 Å². The molecule has 0 saturated heterocycles. The van der Waals surface area contributed by atoms with Gasteiger partial charge in [0.15, 0.2) is 4.96 Å². The molecule has 3 rings (SSSR count). The van der Waals surface area contributed by atoms with E-state index in [1.807, 2.05) is 37.4 Å². The highest BCUT2D eigenvalue weighted by atomic mass is 32.1. The zero-order chi connectivity index (χ0) is 14.1. The third-order valence-corrected chi connectivity index (χ3v) is 4.04. The van der Waals surface area contributed by atoms with Crippen molar-refractivity contribution in [2.24, 2.45) is 0 Å². The number of hydrogen-bond donors (Lipinski definition) is 0. The van der Waals surface area contributed by atoms with Gasteiger partial charge in [-0.3, -0.25) is 9.20 Å². The van der Waals surface area contributed by atoms with E-state index in [2.05, 4.69) is 4.98 Å². The van der Waals surface area contributed by atoms with Crippen molar-refractivity contribution >= 4 is 16.3 Å². The Kier molecular flexibility index (Phi) is 3.28. The number of ether oxygens (including phenoxy) is 1. The van der Waals surface area contributed by atoms with Crippen molar-refractivity contribution in [2.75, 3.05) is 0 Å². The van der Waals surface area contributed by atoms with E-state index in [1.165, 1.54) is 27.4 Å². The van der Waals surface area contributed by atoms with Crippen molar-refractivity contribution in [1.82, 2.24) is 9.38 Å². The molecule has 3 aromatic rings. The highest BCUT2D eigenvalue weighted by Gasteiger charge is 2.06. The summed E-state index contributed by atoms with van der Waals surface area (Å²) in [7, 11) is 0. The lowest BCUT2D eigenvalue weighted by Crippen LogP contribution is -2.14. The number of thiazole rings is 1. The Morgan fingerprint density at radius 1 is 1.35 bits per heavy atom. The van der Waals surface area contributed by atoms with E-state index in [-0.39, 0.29) is 5.56 Å². The summed E-state index contributed by atoms with van der Waals surface area (Å²) in [4.78, 5) is 17.0. The van der Waals surface area contributed by atoms with Gasteiger partial charge in [-0.15, -0.1) is 11.3 Å². The summed E-state index contributed by atoms with van der Waals surface area (Å²) in [6, 6.07) is 7.46. The molecule has 0 saturated carbocycles. The first-order valence-corrected chi connectivity index (χ1v) is 7.18. The average Bonchev–Trinajstić information content (AvgIpc) is 2.89. The Morgan fingerprint density at radius 2 is 2.20 bits per heavy atom. The molecule has 0 fully saturated rings. The van der Waals surface area contributed by atoms with Gasteiger partial charge in [-0.1, -0.05) is 12.1 Å². The predicted molar refractivity (Wildman–Crippen MR) is 79.6 cm³/mol. The molecule has 4 nitrogen and oxygen atoms in total. The number of aryl methyl sites for hydroxylation is 1. The van der Waals surface area contributed by atoms with Crippen LogP contribution in [0.5, 0.6) is 5.75 Å².